The Bertz CT molecular complexity index is 727. The Hall–Kier alpha value is -2.64. The summed E-state index contributed by atoms with van der Waals surface area (Å²) in [6.45, 7) is 10.2. The molecule has 2 aromatic rings. The van der Waals surface area contributed by atoms with Gasteiger partial charge in [0.2, 0.25) is 0 Å². The van der Waals surface area contributed by atoms with Crippen LogP contribution in [-0.4, -0.2) is 38.5 Å². The number of hydrogen-bond acceptors (Lipinski definition) is 6. The lowest BCUT2D eigenvalue weighted by atomic mass is 10.2. The van der Waals surface area contributed by atoms with Gasteiger partial charge < -0.3 is 9.47 Å². The molecule has 0 aliphatic rings. The van der Waals surface area contributed by atoms with Crippen LogP contribution in [0.25, 0.3) is 11.0 Å². The van der Waals surface area contributed by atoms with Crippen molar-refractivity contribution in [3.63, 3.8) is 0 Å². The van der Waals surface area contributed by atoms with Crippen LogP contribution in [0.1, 0.15) is 41.5 Å². The summed E-state index contributed by atoms with van der Waals surface area (Å²) in [5.74, 6) is 0. The first kappa shape index (κ1) is 17.7. The van der Waals surface area contributed by atoms with E-state index in [1.807, 2.05) is 0 Å². The van der Waals surface area contributed by atoms with Gasteiger partial charge in [-0.15, -0.1) is 9.89 Å². The molecule has 8 nitrogen and oxygen atoms in total. The topological polar surface area (TPSA) is 86.5 Å². The summed E-state index contributed by atoms with van der Waals surface area (Å²) >= 11 is 0. The van der Waals surface area contributed by atoms with Crippen molar-refractivity contribution >= 4 is 23.2 Å². The average Bonchev–Trinajstić information content (AvgIpc) is 2.79. The van der Waals surface area contributed by atoms with Crippen molar-refractivity contribution in [1.82, 2.24) is 15.1 Å². The second-order valence-electron chi connectivity index (χ2n) is 7.24. The normalized spacial score (nSPS) is 12.1. The van der Waals surface area contributed by atoms with Crippen molar-refractivity contribution in [2.75, 3.05) is 5.01 Å². The van der Waals surface area contributed by atoms with Crippen molar-refractivity contribution in [3.8, 4) is 0 Å². The Kier molecular flexibility index (Phi) is 4.50. The highest BCUT2D eigenvalue weighted by atomic mass is 16.6. The van der Waals surface area contributed by atoms with Gasteiger partial charge in [0.1, 0.15) is 22.2 Å². The molecule has 0 spiro atoms. The first-order valence-corrected chi connectivity index (χ1v) is 7.55. The molecule has 1 heterocycles. The summed E-state index contributed by atoms with van der Waals surface area (Å²) < 4.78 is 10.6. The minimum atomic E-state index is -0.896. The molecule has 2 amide bonds. The summed E-state index contributed by atoms with van der Waals surface area (Å²) in [6.07, 6.45) is -1.79. The largest absolute Gasteiger partial charge is 0.442 e. The predicted octanol–water partition coefficient (Wildman–Crippen LogP) is 3.24. The second kappa shape index (κ2) is 6.10. The van der Waals surface area contributed by atoms with Crippen LogP contribution in [-0.2, 0) is 9.47 Å². The zero-order valence-corrected chi connectivity index (χ0v) is 14.7. The lowest BCUT2D eigenvalue weighted by molar-refractivity contribution is 0.0361. The third-order valence-electron chi connectivity index (χ3n) is 2.66. The van der Waals surface area contributed by atoms with Crippen LogP contribution in [0, 0.1) is 0 Å². The van der Waals surface area contributed by atoms with Crippen LogP contribution in [0.5, 0.6) is 0 Å². The van der Waals surface area contributed by atoms with E-state index in [9.17, 15) is 9.59 Å². The fraction of sp³-hybridized carbons (Fsp3) is 0.500. The molecule has 0 radical (unpaired) electrons. The number of fused-ring (bicyclic) bond motifs is 1. The van der Waals surface area contributed by atoms with E-state index in [1.165, 1.54) is 0 Å². The van der Waals surface area contributed by atoms with Gasteiger partial charge in [-0.2, -0.15) is 0 Å². The number of carbonyl (C=O) groups is 2. The quantitative estimate of drug-likeness (QED) is 0.795. The van der Waals surface area contributed by atoms with Crippen molar-refractivity contribution < 1.29 is 19.1 Å². The Labute approximate surface area is 140 Å². The van der Waals surface area contributed by atoms with E-state index in [0.29, 0.717) is 16.0 Å². The Morgan fingerprint density at radius 1 is 0.958 bits per heavy atom. The number of para-hydroxylation sites is 1. The lowest BCUT2D eigenvalue weighted by Gasteiger charge is -2.28. The van der Waals surface area contributed by atoms with Crippen LogP contribution in [0.15, 0.2) is 24.3 Å². The zero-order chi connectivity index (χ0) is 18.1. The van der Waals surface area contributed by atoms with Gasteiger partial charge in [-0.25, -0.2) is 9.59 Å². The SMILES string of the molecule is CC(C)(C)OC(=O)N(C(=O)OC(C)(C)C)n1nnc2ccccc21. The van der Waals surface area contributed by atoms with Crippen molar-refractivity contribution in [1.29, 1.82) is 0 Å². The van der Waals surface area contributed by atoms with E-state index in [4.69, 9.17) is 9.47 Å². The summed E-state index contributed by atoms with van der Waals surface area (Å²) in [5, 5.41) is 8.54. The maximum Gasteiger partial charge on any atom is 0.441 e. The highest BCUT2D eigenvalue weighted by Gasteiger charge is 2.34. The van der Waals surface area contributed by atoms with Gasteiger partial charge in [-0.05, 0) is 58.9 Å². The smallest absolute Gasteiger partial charge is 0.441 e. The van der Waals surface area contributed by atoms with Crippen LogP contribution in [0.4, 0.5) is 9.59 Å². The van der Waals surface area contributed by atoms with Crippen molar-refractivity contribution in [2.24, 2.45) is 0 Å². The number of benzene rings is 1. The molecule has 1 aromatic carbocycles. The molecular formula is C16H22N4O4. The maximum absolute atomic E-state index is 12.5. The minimum absolute atomic E-state index is 0.481. The third-order valence-corrected chi connectivity index (χ3v) is 2.66. The number of nitrogens with zero attached hydrogens (tertiary/aromatic N) is 4. The fourth-order valence-corrected chi connectivity index (χ4v) is 1.84. The molecule has 0 unspecified atom stereocenters. The van der Waals surface area contributed by atoms with Crippen molar-refractivity contribution in [2.45, 2.75) is 52.7 Å². The summed E-state index contributed by atoms with van der Waals surface area (Å²) in [7, 11) is 0. The van der Waals surface area contributed by atoms with Gasteiger partial charge in [-0.1, -0.05) is 17.1 Å². The van der Waals surface area contributed by atoms with Crippen LogP contribution < -0.4 is 5.01 Å². The fourth-order valence-electron chi connectivity index (χ4n) is 1.84. The molecule has 0 saturated heterocycles. The molecule has 0 aliphatic carbocycles. The van der Waals surface area contributed by atoms with Gasteiger partial charge in [-0.3, -0.25) is 0 Å². The highest BCUT2D eigenvalue weighted by molar-refractivity contribution is 6.03. The van der Waals surface area contributed by atoms with E-state index < -0.39 is 23.4 Å². The Balaban J connectivity index is 2.46. The zero-order valence-electron chi connectivity index (χ0n) is 14.7. The molecule has 0 bridgehead atoms. The van der Waals surface area contributed by atoms with E-state index in [2.05, 4.69) is 10.3 Å². The molecule has 0 fully saturated rings. The number of hydrogen-bond donors (Lipinski definition) is 0. The summed E-state index contributed by atoms with van der Waals surface area (Å²) in [5.41, 5.74) is -0.551. The van der Waals surface area contributed by atoms with E-state index >= 15 is 0 Å². The number of carbonyl (C=O) groups excluding carboxylic acids is 2. The molecule has 8 heteroatoms. The van der Waals surface area contributed by atoms with Gasteiger partial charge in [0.15, 0.2) is 0 Å². The lowest BCUT2D eigenvalue weighted by Crippen LogP contribution is -2.50. The Morgan fingerprint density at radius 2 is 1.46 bits per heavy atom. The second-order valence-corrected chi connectivity index (χ2v) is 7.24. The standard InChI is InChI=1S/C16H22N4O4/c1-15(2,3)23-13(21)19(14(22)24-16(4,5)6)20-12-10-8-7-9-11(12)17-18-20/h7-10H,1-6H3. The number of ether oxygens (including phenoxy) is 2. The minimum Gasteiger partial charge on any atom is -0.442 e. The van der Waals surface area contributed by atoms with Gasteiger partial charge in [0.05, 0.1) is 0 Å². The predicted molar refractivity (Wildman–Crippen MR) is 88.2 cm³/mol. The van der Waals surface area contributed by atoms with Crippen LogP contribution in [0.2, 0.25) is 0 Å². The maximum atomic E-state index is 12.5. The highest BCUT2D eigenvalue weighted by Crippen LogP contribution is 2.17. The molecule has 1 aromatic heterocycles. The number of imide groups is 1. The molecule has 130 valence electrons. The van der Waals surface area contributed by atoms with E-state index in [-0.39, 0.29) is 0 Å². The number of amides is 2. The Morgan fingerprint density at radius 3 is 1.96 bits per heavy atom. The van der Waals surface area contributed by atoms with Gasteiger partial charge >= 0.3 is 12.2 Å². The van der Waals surface area contributed by atoms with E-state index in [0.717, 1.165) is 4.79 Å². The third kappa shape index (κ3) is 4.21. The average molecular weight is 334 g/mol. The molecule has 2 rings (SSSR count). The molecule has 24 heavy (non-hydrogen) atoms. The number of rotatable bonds is 1. The first-order chi connectivity index (χ1) is 11.0. The first-order valence-electron chi connectivity index (χ1n) is 7.55. The molecule has 0 N–H and O–H groups in total. The monoisotopic (exact) mass is 334 g/mol. The van der Waals surface area contributed by atoms with Crippen LogP contribution in [0.3, 0.4) is 0 Å². The van der Waals surface area contributed by atoms with Gasteiger partial charge in [0.25, 0.3) is 0 Å². The summed E-state index contributed by atoms with van der Waals surface area (Å²) in [6, 6.07) is 6.95. The molecular weight excluding hydrogens is 312 g/mol. The van der Waals surface area contributed by atoms with Gasteiger partial charge in [0, 0.05) is 0 Å². The molecule has 0 aliphatic heterocycles. The number of aromatic nitrogens is 3. The molecule has 0 saturated carbocycles. The van der Waals surface area contributed by atoms with Crippen LogP contribution >= 0.6 is 0 Å². The molecule has 0 atom stereocenters. The summed E-state index contributed by atoms with van der Waals surface area (Å²) in [4.78, 5) is 26.2. The van der Waals surface area contributed by atoms with Crippen molar-refractivity contribution in [3.05, 3.63) is 24.3 Å². The van der Waals surface area contributed by atoms with E-state index in [1.54, 1.807) is 65.8 Å².